The Morgan fingerprint density at radius 2 is 2.00 bits per heavy atom. The summed E-state index contributed by atoms with van der Waals surface area (Å²) in [7, 11) is 1.64. The predicted octanol–water partition coefficient (Wildman–Crippen LogP) is 3.90. The molecule has 0 bridgehead atoms. The molecular formula is C23H26N4O2. The summed E-state index contributed by atoms with van der Waals surface area (Å²) in [5.74, 6) is 0.659. The summed E-state index contributed by atoms with van der Waals surface area (Å²) in [4.78, 5) is 24.7. The monoisotopic (exact) mass is 390 g/mol. The van der Waals surface area contributed by atoms with Gasteiger partial charge in [0.2, 0.25) is 0 Å². The number of hydrogen-bond donors (Lipinski definition) is 1. The number of imidazole rings is 1. The van der Waals surface area contributed by atoms with Crippen LogP contribution in [-0.2, 0) is 9.53 Å². The molecule has 1 aromatic carbocycles. The van der Waals surface area contributed by atoms with Gasteiger partial charge in [-0.1, -0.05) is 6.08 Å². The number of aromatic amines is 1. The first-order valence-electron chi connectivity index (χ1n) is 10.4. The number of amides is 1. The van der Waals surface area contributed by atoms with Crippen LogP contribution in [-0.4, -0.2) is 47.0 Å². The third-order valence-corrected chi connectivity index (χ3v) is 6.22. The van der Waals surface area contributed by atoms with Gasteiger partial charge in [-0.2, -0.15) is 0 Å². The average Bonchev–Trinajstić information content (AvgIpc) is 3.37. The fourth-order valence-corrected chi connectivity index (χ4v) is 4.70. The van der Waals surface area contributed by atoms with Crippen LogP contribution in [0, 0.1) is 0 Å². The number of methoxy groups -OCH3 is 1. The number of nitrogens with one attached hydrogen (secondary N) is 1. The Balaban J connectivity index is 1.47. The van der Waals surface area contributed by atoms with E-state index >= 15 is 0 Å². The molecule has 0 radical (unpaired) electrons. The zero-order chi connectivity index (χ0) is 19.8. The van der Waals surface area contributed by atoms with Gasteiger partial charge in [-0.15, -0.1) is 0 Å². The molecule has 150 valence electrons. The minimum Gasteiger partial charge on any atom is -0.498 e. The first-order valence-corrected chi connectivity index (χ1v) is 10.4. The van der Waals surface area contributed by atoms with Crippen LogP contribution in [0.4, 0.5) is 5.69 Å². The van der Waals surface area contributed by atoms with Gasteiger partial charge in [-0.3, -0.25) is 9.69 Å². The standard InChI is InChI=1S/C23H26N4O2/c1-29-21-14-22(28)27(18-9-10-19-20(13-18)25-15-24-19)23(21)16-5-7-17(8-6-16)26-11-3-2-4-12-26/h5,7,9-10,13-15,23H,2-4,6,8,11-12H2,1H3,(H,24,25). The highest BCUT2D eigenvalue weighted by atomic mass is 16.5. The number of carbonyl (C=O) groups excluding carboxylic acids is 1. The van der Waals surface area contributed by atoms with Crippen LogP contribution in [0.2, 0.25) is 0 Å². The quantitative estimate of drug-likeness (QED) is 0.860. The second kappa shape index (κ2) is 7.43. The third kappa shape index (κ3) is 3.22. The van der Waals surface area contributed by atoms with Crippen molar-refractivity contribution in [2.75, 3.05) is 25.1 Å². The van der Waals surface area contributed by atoms with Crippen LogP contribution in [0.1, 0.15) is 32.1 Å². The van der Waals surface area contributed by atoms with Crippen molar-refractivity contribution in [3.63, 3.8) is 0 Å². The topological polar surface area (TPSA) is 61.5 Å². The highest BCUT2D eigenvalue weighted by Gasteiger charge is 2.38. The molecule has 1 fully saturated rings. The number of anilines is 1. The van der Waals surface area contributed by atoms with Crippen molar-refractivity contribution < 1.29 is 9.53 Å². The number of aromatic nitrogens is 2. The zero-order valence-corrected chi connectivity index (χ0v) is 16.7. The summed E-state index contributed by atoms with van der Waals surface area (Å²) < 4.78 is 5.62. The summed E-state index contributed by atoms with van der Waals surface area (Å²) in [5.41, 5.74) is 5.29. The number of hydrogen-bond acceptors (Lipinski definition) is 4. The fraction of sp³-hybridized carbons (Fsp3) is 0.391. The molecule has 1 unspecified atom stereocenters. The smallest absolute Gasteiger partial charge is 0.255 e. The van der Waals surface area contributed by atoms with Crippen LogP contribution >= 0.6 is 0 Å². The van der Waals surface area contributed by atoms with Crippen molar-refractivity contribution in [2.45, 2.75) is 38.1 Å². The Kier molecular flexibility index (Phi) is 4.62. The second-order valence-electron chi connectivity index (χ2n) is 7.91. The Bertz CT molecular complexity index is 1030. The summed E-state index contributed by atoms with van der Waals surface area (Å²) in [5, 5.41) is 0. The number of likely N-dealkylation sites (tertiary alicyclic amines) is 1. The maximum atomic E-state index is 12.9. The summed E-state index contributed by atoms with van der Waals surface area (Å²) in [6, 6.07) is 5.71. The van der Waals surface area contributed by atoms with Gasteiger partial charge < -0.3 is 14.6 Å². The molecule has 1 N–H and O–H groups in total. The second-order valence-corrected chi connectivity index (χ2v) is 7.91. The number of ether oxygens (including phenoxy) is 1. The number of carbonyl (C=O) groups is 1. The van der Waals surface area contributed by atoms with Crippen molar-refractivity contribution in [2.24, 2.45) is 0 Å². The van der Waals surface area contributed by atoms with Gasteiger partial charge in [0.1, 0.15) is 11.8 Å². The lowest BCUT2D eigenvalue weighted by Crippen LogP contribution is -2.38. The number of nitrogens with zero attached hydrogens (tertiary/aromatic N) is 3. The van der Waals surface area contributed by atoms with E-state index in [-0.39, 0.29) is 11.9 Å². The zero-order valence-electron chi connectivity index (χ0n) is 16.7. The number of allylic oxidation sites excluding steroid dienone is 3. The molecular weight excluding hydrogens is 364 g/mol. The van der Waals surface area contributed by atoms with E-state index in [4.69, 9.17) is 4.74 Å². The van der Waals surface area contributed by atoms with E-state index in [0.717, 1.165) is 42.7 Å². The molecule has 2 aliphatic heterocycles. The van der Waals surface area contributed by atoms with Crippen molar-refractivity contribution >= 4 is 22.6 Å². The number of H-pyrrole nitrogens is 1. The van der Waals surface area contributed by atoms with Gasteiger partial charge >= 0.3 is 0 Å². The van der Waals surface area contributed by atoms with Gasteiger partial charge in [-0.05, 0) is 62.0 Å². The molecule has 1 atom stereocenters. The Morgan fingerprint density at radius 1 is 1.14 bits per heavy atom. The Labute approximate surface area is 170 Å². The number of benzene rings is 1. The van der Waals surface area contributed by atoms with E-state index in [2.05, 4.69) is 27.0 Å². The third-order valence-electron chi connectivity index (χ3n) is 6.22. The molecule has 2 aromatic rings. The normalized spacial score (nSPS) is 22.6. The Morgan fingerprint density at radius 3 is 2.76 bits per heavy atom. The van der Waals surface area contributed by atoms with Crippen molar-refractivity contribution in [1.29, 1.82) is 0 Å². The molecule has 1 aromatic heterocycles. The van der Waals surface area contributed by atoms with Gasteiger partial charge in [0.15, 0.2) is 0 Å². The van der Waals surface area contributed by atoms with Gasteiger partial charge in [-0.25, -0.2) is 4.98 Å². The number of fused-ring (bicyclic) bond motifs is 1. The van der Waals surface area contributed by atoms with E-state index in [1.165, 1.54) is 30.5 Å². The minimum atomic E-state index is -0.192. The van der Waals surface area contributed by atoms with Crippen molar-refractivity contribution in [3.8, 4) is 0 Å². The number of rotatable bonds is 4. The molecule has 0 saturated carbocycles. The number of piperidine rings is 1. The molecule has 3 heterocycles. The van der Waals surface area contributed by atoms with Crippen LogP contribution in [0.5, 0.6) is 0 Å². The predicted molar refractivity (Wildman–Crippen MR) is 113 cm³/mol. The molecule has 6 heteroatoms. The lowest BCUT2D eigenvalue weighted by Gasteiger charge is -2.34. The van der Waals surface area contributed by atoms with E-state index in [9.17, 15) is 4.79 Å². The van der Waals surface area contributed by atoms with E-state index in [0.29, 0.717) is 5.76 Å². The maximum absolute atomic E-state index is 12.9. The molecule has 5 rings (SSSR count). The van der Waals surface area contributed by atoms with Gasteiger partial charge in [0.25, 0.3) is 5.91 Å². The molecule has 1 amide bonds. The van der Waals surface area contributed by atoms with Crippen LogP contribution in [0.25, 0.3) is 11.0 Å². The van der Waals surface area contributed by atoms with Crippen LogP contribution in [0.15, 0.2) is 59.8 Å². The minimum absolute atomic E-state index is 0.0477. The lowest BCUT2D eigenvalue weighted by molar-refractivity contribution is -0.113. The maximum Gasteiger partial charge on any atom is 0.255 e. The SMILES string of the molecule is COC1=CC(=O)N(c2ccc3[nH]cnc3c2)C1C1=CC=C(N2CCCCC2)CC1. The fourth-order valence-electron chi connectivity index (χ4n) is 4.70. The molecule has 3 aliphatic rings. The average molecular weight is 390 g/mol. The summed E-state index contributed by atoms with van der Waals surface area (Å²) in [6.07, 6.45) is 13.6. The van der Waals surface area contributed by atoms with Crippen molar-refractivity contribution in [3.05, 3.63) is 59.8 Å². The highest BCUT2D eigenvalue weighted by molar-refractivity contribution is 6.07. The molecule has 1 aliphatic carbocycles. The first-order chi connectivity index (χ1) is 14.2. The highest BCUT2D eigenvalue weighted by Crippen LogP contribution is 2.36. The van der Waals surface area contributed by atoms with E-state index < -0.39 is 0 Å². The largest absolute Gasteiger partial charge is 0.498 e. The molecule has 1 saturated heterocycles. The summed E-state index contributed by atoms with van der Waals surface area (Å²) in [6.45, 7) is 2.33. The van der Waals surface area contributed by atoms with E-state index in [1.807, 2.05) is 23.1 Å². The van der Waals surface area contributed by atoms with Gasteiger partial charge in [0, 0.05) is 30.5 Å². The van der Waals surface area contributed by atoms with Crippen molar-refractivity contribution in [1.82, 2.24) is 14.9 Å². The lowest BCUT2D eigenvalue weighted by atomic mass is 9.93. The Hall–Kier alpha value is -3.02. The summed E-state index contributed by atoms with van der Waals surface area (Å²) >= 11 is 0. The first kappa shape index (κ1) is 18.0. The van der Waals surface area contributed by atoms with Gasteiger partial charge in [0.05, 0.1) is 24.5 Å². The molecule has 0 spiro atoms. The molecule has 29 heavy (non-hydrogen) atoms. The van der Waals surface area contributed by atoms with Crippen LogP contribution in [0.3, 0.4) is 0 Å². The molecule has 6 nitrogen and oxygen atoms in total. The van der Waals surface area contributed by atoms with E-state index in [1.54, 1.807) is 19.5 Å². The van der Waals surface area contributed by atoms with Crippen LogP contribution < -0.4 is 4.90 Å².